The van der Waals surface area contributed by atoms with Gasteiger partial charge >= 0.3 is 6.09 Å². The third-order valence-corrected chi connectivity index (χ3v) is 4.10. The van der Waals surface area contributed by atoms with Crippen LogP contribution < -0.4 is 4.74 Å². The fourth-order valence-corrected chi connectivity index (χ4v) is 2.74. The van der Waals surface area contributed by atoms with Gasteiger partial charge in [0.2, 0.25) is 0 Å². The van der Waals surface area contributed by atoms with Crippen LogP contribution in [0.4, 0.5) is 4.79 Å². The summed E-state index contributed by atoms with van der Waals surface area (Å²) in [6, 6.07) is 7.05. The van der Waals surface area contributed by atoms with Crippen LogP contribution in [0.1, 0.15) is 39.2 Å². The molecule has 0 radical (unpaired) electrons. The van der Waals surface area contributed by atoms with E-state index < -0.39 is 5.60 Å². The van der Waals surface area contributed by atoms with Gasteiger partial charge in [0.25, 0.3) is 0 Å². The summed E-state index contributed by atoms with van der Waals surface area (Å²) < 4.78 is 11.2. The molecule has 24 heavy (non-hydrogen) atoms. The number of piperidine rings is 1. The first-order valence-corrected chi connectivity index (χ1v) is 8.46. The number of carbonyl (C=O) groups excluding carboxylic acids is 1. The number of hydrogen-bond donors (Lipinski definition) is 0. The lowest BCUT2D eigenvalue weighted by Crippen LogP contribution is -2.42. The average molecular weight is 351 g/mol. The number of carbonyl (C=O) groups is 1. The first kappa shape index (κ1) is 18.4. The second-order valence-electron chi connectivity index (χ2n) is 6.98. The molecule has 0 N–H and O–H groups in total. The number of halogens is 1. The van der Waals surface area contributed by atoms with Gasteiger partial charge < -0.3 is 14.4 Å². The van der Waals surface area contributed by atoms with Crippen LogP contribution in [0.25, 0.3) is 0 Å². The first-order valence-electron chi connectivity index (χ1n) is 8.09. The monoisotopic (exact) mass is 350 g/mol. The molecule has 130 valence electrons. The van der Waals surface area contributed by atoms with E-state index >= 15 is 0 Å². The Bertz CT molecular complexity index is 626. The molecule has 1 aromatic carbocycles. The number of hydrogen-bond acceptors (Lipinski definition) is 4. The molecule has 1 heterocycles. The lowest BCUT2D eigenvalue weighted by molar-refractivity contribution is 0.0165. The second-order valence-corrected chi connectivity index (χ2v) is 7.39. The number of likely N-dealkylation sites (tertiary alicyclic amines) is 1. The van der Waals surface area contributed by atoms with Crippen molar-refractivity contribution in [3.8, 4) is 11.8 Å². The predicted octanol–water partition coefficient (Wildman–Crippen LogP) is 4.24. The maximum absolute atomic E-state index is 12.0. The van der Waals surface area contributed by atoms with E-state index in [4.69, 9.17) is 26.3 Å². The van der Waals surface area contributed by atoms with Gasteiger partial charge in [-0.25, -0.2) is 4.79 Å². The van der Waals surface area contributed by atoms with Crippen molar-refractivity contribution >= 4 is 17.7 Å². The Labute approximate surface area is 148 Å². The number of benzene rings is 1. The van der Waals surface area contributed by atoms with Crippen molar-refractivity contribution in [2.24, 2.45) is 5.92 Å². The van der Waals surface area contributed by atoms with Crippen molar-refractivity contribution in [2.45, 2.75) is 39.2 Å². The summed E-state index contributed by atoms with van der Waals surface area (Å²) in [6.45, 7) is 7.49. The van der Waals surface area contributed by atoms with E-state index in [2.05, 4.69) is 0 Å². The van der Waals surface area contributed by atoms with Gasteiger partial charge in [-0.05, 0) is 57.7 Å². The summed E-state index contributed by atoms with van der Waals surface area (Å²) in [4.78, 5) is 13.8. The molecular weight excluding hydrogens is 328 g/mol. The van der Waals surface area contributed by atoms with E-state index in [1.165, 1.54) is 0 Å². The van der Waals surface area contributed by atoms with Crippen molar-refractivity contribution in [3.05, 3.63) is 28.8 Å². The largest absolute Gasteiger partial charge is 0.492 e. The molecule has 1 aliphatic heterocycles. The maximum atomic E-state index is 12.0. The summed E-state index contributed by atoms with van der Waals surface area (Å²) in [5, 5.41) is 9.28. The fourth-order valence-electron chi connectivity index (χ4n) is 2.50. The van der Waals surface area contributed by atoms with Gasteiger partial charge in [0.15, 0.2) is 0 Å². The van der Waals surface area contributed by atoms with Gasteiger partial charge in [-0.2, -0.15) is 5.26 Å². The molecule has 6 heteroatoms. The van der Waals surface area contributed by atoms with E-state index in [0.29, 0.717) is 41.9 Å². The van der Waals surface area contributed by atoms with Crippen molar-refractivity contribution < 1.29 is 14.3 Å². The van der Waals surface area contributed by atoms with Crippen molar-refractivity contribution in [3.63, 3.8) is 0 Å². The zero-order valence-corrected chi connectivity index (χ0v) is 15.1. The SMILES string of the molecule is CC(C)(C)OC(=O)N1CCC(COc2ccc(C#N)cc2Cl)CC1. The van der Waals surface area contributed by atoms with E-state index in [1.54, 1.807) is 23.1 Å². The van der Waals surface area contributed by atoms with E-state index in [9.17, 15) is 4.79 Å². The van der Waals surface area contributed by atoms with Gasteiger partial charge in [-0.1, -0.05) is 11.6 Å². The van der Waals surface area contributed by atoms with Crippen LogP contribution in [0.15, 0.2) is 18.2 Å². The summed E-state index contributed by atoms with van der Waals surface area (Å²) in [7, 11) is 0. The van der Waals surface area contributed by atoms with Gasteiger partial charge in [0.1, 0.15) is 11.4 Å². The van der Waals surface area contributed by atoms with Crippen LogP contribution in [-0.4, -0.2) is 36.3 Å². The van der Waals surface area contributed by atoms with Crippen LogP contribution in [-0.2, 0) is 4.74 Å². The lowest BCUT2D eigenvalue weighted by atomic mass is 9.98. The molecule has 1 amide bonds. The molecule has 5 nitrogen and oxygen atoms in total. The van der Waals surface area contributed by atoms with Crippen molar-refractivity contribution in [1.29, 1.82) is 5.26 Å². The minimum absolute atomic E-state index is 0.253. The average Bonchev–Trinajstić information content (AvgIpc) is 2.52. The Kier molecular flexibility index (Phi) is 5.95. The summed E-state index contributed by atoms with van der Waals surface area (Å²) in [6.07, 6.45) is 1.48. The normalized spacial score (nSPS) is 15.7. The Balaban J connectivity index is 1.79. The molecule has 0 atom stereocenters. The molecule has 1 saturated heterocycles. The van der Waals surface area contributed by atoms with Crippen LogP contribution in [0.2, 0.25) is 5.02 Å². The predicted molar refractivity (Wildman–Crippen MR) is 92.2 cm³/mol. The molecule has 1 aliphatic rings. The molecule has 0 aromatic heterocycles. The number of amides is 1. The first-order chi connectivity index (χ1) is 11.3. The lowest BCUT2D eigenvalue weighted by Gasteiger charge is -2.33. The highest BCUT2D eigenvalue weighted by molar-refractivity contribution is 6.32. The smallest absolute Gasteiger partial charge is 0.410 e. The maximum Gasteiger partial charge on any atom is 0.410 e. The van der Waals surface area contributed by atoms with Crippen LogP contribution in [0, 0.1) is 17.2 Å². The molecule has 0 bridgehead atoms. The Hall–Kier alpha value is -1.93. The Morgan fingerprint density at radius 1 is 1.38 bits per heavy atom. The van der Waals surface area contributed by atoms with Gasteiger partial charge in [0, 0.05) is 13.1 Å². The second kappa shape index (κ2) is 7.76. The molecule has 0 spiro atoms. The number of nitrogens with zero attached hydrogens (tertiary/aromatic N) is 2. The summed E-state index contributed by atoms with van der Waals surface area (Å²) in [5.41, 5.74) is 0.0432. The molecule has 1 fully saturated rings. The minimum atomic E-state index is -0.469. The third kappa shape index (κ3) is 5.31. The highest BCUT2D eigenvalue weighted by Crippen LogP contribution is 2.27. The Morgan fingerprint density at radius 3 is 2.58 bits per heavy atom. The number of nitriles is 1. The highest BCUT2D eigenvalue weighted by Gasteiger charge is 2.27. The van der Waals surface area contributed by atoms with E-state index in [1.807, 2.05) is 26.8 Å². The molecule has 2 rings (SSSR count). The van der Waals surface area contributed by atoms with Gasteiger partial charge in [-0.3, -0.25) is 0 Å². The molecular formula is C18H23ClN2O3. The molecule has 0 saturated carbocycles. The zero-order valence-electron chi connectivity index (χ0n) is 14.3. The van der Waals surface area contributed by atoms with Crippen LogP contribution >= 0.6 is 11.6 Å². The number of rotatable bonds is 3. The van der Waals surface area contributed by atoms with E-state index in [-0.39, 0.29) is 6.09 Å². The molecule has 1 aromatic rings. The standard InChI is InChI=1S/C18H23ClN2O3/c1-18(2,3)24-17(22)21-8-6-13(7-9-21)12-23-16-5-4-14(11-20)10-15(16)19/h4-5,10,13H,6-9,12H2,1-3H3. The van der Waals surface area contributed by atoms with Crippen LogP contribution in [0.5, 0.6) is 5.75 Å². The summed E-state index contributed by atoms with van der Waals surface area (Å²) in [5.74, 6) is 0.959. The van der Waals surface area contributed by atoms with Crippen molar-refractivity contribution in [1.82, 2.24) is 4.90 Å². The third-order valence-electron chi connectivity index (χ3n) is 3.80. The molecule has 0 unspecified atom stereocenters. The summed E-state index contributed by atoms with van der Waals surface area (Å²) >= 11 is 6.11. The topological polar surface area (TPSA) is 62.6 Å². The molecule has 0 aliphatic carbocycles. The van der Waals surface area contributed by atoms with E-state index in [0.717, 1.165) is 12.8 Å². The fraction of sp³-hybridized carbons (Fsp3) is 0.556. The van der Waals surface area contributed by atoms with Crippen LogP contribution in [0.3, 0.4) is 0 Å². The number of ether oxygens (including phenoxy) is 2. The zero-order chi connectivity index (χ0) is 17.7. The minimum Gasteiger partial charge on any atom is -0.492 e. The van der Waals surface area contributed by atoms with Gasteiger partial charge in [0.05, 0.1) is 23.3 Å². The Morgan fingerprint density at radius 2 is 2.04 bits per heavy atom. The highest BCUT2D eigenvalue weighted by atomic mass is 35.5. The quantitative estimate of drug-likeness (QED) is 0.818. The van der Waals surface area contributed by atoms with Crippen molar-refractivity contribution in [2.75, 3.05) is 19.7 Å². The van der Waals surface area contributed by atoms with Gasteiger partial charge in [-0.15, -0.1) is 0 Å².